The predicted molar refractivity (Wildman–Crippen MR) is 189 cm³/mol. The van der Waals surface area contributed by atoms with Crippen molar-refractivity contribution in [1.29, 1.82) is 0 Å². The van der Waals surface area contributed by atoms with Gasteiger partial charge in [-0.15, -0.1) is 22.7 Å². The molecule has 1 fully saturated rings. The van der Waals surface area contributed by atoms with Gasteiger partial charge in [0.2, 0.25) is 0 Å². The number of thiophene rings is 2. The third-order valence-corrected chi connectivity index (χ3v) is 10.7. The fourth-order valence-electron chi connectivity index (χ4n) is 5.28. The second-order valence-corrected chi connectivity index (χ2v) is 17.2. The number of hydrogen-bond acceptors (Lipinski definition) is 12. The van der Waals surface area contributed by atoms with Crippen molar-refractivity contribution in [2.24, 2.45) is 0 Å². The minimum atomic E-state index is -6.12. The minimum absolute atomic E-state index is 0.0339. The lowest BCUT2D eigenvalue weighted by Crippen LogP contribution is -2.44. The lowest BCUT2D eigenvalue weighted by molar-refractivity contribution is -0.127. The number of halogens is 9. The molecule has 56 heavy (non-hydrogen) atoms. The van der Waals surface area contributed by atoms with Gasteiger partial charge < -0.3 is 19.1 Å². The fourth-order valence-corrected chi connectivity index (χ4v) is 7.84. The number of Topliss-reactive ketones (excluding diaryl/α,β-unsaturated/α-hetero) is 2. The van der Waals surface area contributed by atoms with Crippen LogP contribution in [0.4, 0.5) is 50.0 Å². The van der Waals surface area contributed by atoms with Gasteiger partial charge in [0.1, 0.15) is 15.3 Å². The van der Waals surface area contributed by atoms with E-state index in [1.165, 1.54) is 19.2 Å². The van der Waals surface area contributed by atoms with Crippen molar-refractivity contribution in [1.82, 2.24) is 14.9 Å². The summed E-state index contributed by atoms with van der Waals surface area (Å²) in [5.41, 5.74) is -6.09. The maximum Gasteiger partial charge on any atom is 0.534 e. The number of fused-ring (bicyclic) bond motifs is 2. The Morgan fingerprint density at radius 3 is 1.71 bits per heavy atom. The smallest absolute Gasteiger partial charge is 0.444 e. The summed E-state index contributed by atoms with van der Waals surface area (Å²) >= 11 is 1.47. The van der Waals surface area contributed by atoms with Crippen molar-refractivity contribution in [3.05, 3.63) is 45.4 Å². The largest absolute Gasteiger partial charge is 0.534 e. The lowest BCUT2D eigenvalue weighted by Gasteiger charge is -2.34. The highest BCUT2D eigenvalue weighted by Crippen LogP contribution is 2.40. The summed E-state index contributed by atoms with van der Waals surface area (Å²) in [6.07, 6.45) is -8.28. The Morgan fingerprint density at radius 1 is 0.804 bits per heavy atom. The first-order chi connectivity index (χ1) is 25.5. The standard InChI is InChI=1S/C21H26F3N3O3S.C12H7F6NO4S2/c1-12(28)16-11-25-18-15(9-14(31-18)10-21(22,23)24)17(16)26-13-5-7-27(8-6-13)19(29)30-20(2,3)4;1-5(20)8-4-19-10-7(2-6(24-10)3-11(13,14)15)9(8)23-25(21,22)12(16,17)18/h9,11,13H,5-8,10H2,1-4H3,(H,25,26);2,4H,3H2,1H3. The number of ether oxygens (including phenoxy) is 1. The number of nitrogens with zero attached hydrogens (tertiary/aromatic N) is 3. The molecule has 23 heteroatoms. The van der Waals surface area contributed by atoms with E-state index in [0.29, 0.717) is 58.7 Å². The summed E-state index contributed by atoms with van der Waals surface area (Å²) in [7, 11) is -6.12. The third-order valence-electron chi connectivity index (χ3n) is 7.66. The summed E-state index contributed by atoms with van der Waals surface area (Å²) in [5, 5.41) is 3.44. The number of aromatic nitrogens is 2. The Balaban J connectivity index is 0.000000255. The van der Waals surface area contributed by atoms with Crippen LogP contribution in [0.5, 0.6) is 5.75 Å². The van der Waals surface area contributed by atoms with Crippen LogP contribution in [0.15, 0.2) is 24.5 Å². The van der Waals surface area contributed by atoms with Crippen LogP contribution in [0.3, 0.4) is 0 Å². The summed E-state index contributed by atoms with van der Waals surface area (Å²) in [6.45, 7) is 8.72. The minimum Gasteiger partial charge on any atom is -0.444 e. The van der Waals surface area contributed by atoms with Gasteiger partial charge in [-0.3, -0.25) is 9.59 Å². The molecule has 0 radical (unpaired) electrons. The van der Waals surface area contributed by atoms with Crippen LogP contribution < -0.4 is 9.50 Å². The van der Waals surface area contributed by atoms with E-state index >= 15 is 0 Å². The van der Waals surface area contributed by atoms with Crippen molar-refractivity contribution in [3.8, 4) is 5.75 Å². The second-order valence-electron chi connectivity index (χ2n) is 13.5. The highest BCUT2D eigenvalue weighted by atomic mass is 32.2. The van der Waals surface area contributed by atoms with Gasteiger partial charge in [-0.1, -0.05) is 0 Å². The van der Waals surface area contributed by atoms with Gasteiger partial charge in [0.05, 0.1) is 35.0 Å². The van der Waals surface area contributed by atoms with E-state index in [4.69, 9.17) is 4.74 Å². The van der Waals surface area contributed by atoms with Gasteiger partial charge in [0.25, 0.3) is 0 Å². The molecule has 1 amide bonds. The lowest BCUT2D eigenvalue weighted by atomic mass is 10.0. The van der Waals surface area contributed by atoms with Crippen LogP contribution in [0.25, 0.3) is 20.4 Å². The predicted octanol–water partition coefficient (Wildman–Crippen LogP) is 9.25. The first kappa shape index (κ1) is 44.5. The average molecular weight is 865 g/mol. The molecule has 0 bridgehead atoms. The van der Waals surface area contributed by atoms with Gasteiger partial charge in [0, 0.05) is 46.7 Å². The molecule has 0 saturated carbocycles. The summed E-state index contributed by atoms with van der Waals surface area (Å²) in [6, 6.07) is 2.23. The van der Waals surface area contributed by atoms with Gasteiger partial charge in [-0.25, -0.2) is 14.8 Å². The van der Waals surface area contributed by atoms with Crippen LogP contribution in [-0.2, 0) is 27.7 Å². The van der Waals surface area contributed by atoms with Crippen molar-refractivity contribution >= 4 is 76.6 Å². The van der Waals surface area contributed by atoms with Crippen molar-refractivity contribution in [2.75, 3.05) is 18.4 Å². The van der Waals surface area contributed by atoms with E-state index < -0.39 is 68.9 Å². The number of anilines is 1. The molecule has 0 aliphatic carbocycles. The highest BCUT2D eigenvalue weighted by molar-refractivity contribution is 7.88. The SMILES string of the molecule is CC(=O)c1cnc2sc(CC(F)(F)F)cc2c1NC1CCN(C(=O)OC(C)(C)C)CC1.CC(=O)c1cnc2sc(CC(F)(F)F)cc2c1OS(=O)(=O)C(F)(F)F. The monoisotopic (exact) mass is 864 g/mol. The number of carbonyl (C=O) groups excluding carboxylic acids is 3. The molecule has 5 rings (SSSR count). The Hall–Kier alpha value is -4.25. The van der Waals surface area contributed by atoms with Crippen LogP contribution >= 0.6 is 22.7 Å². The zero-order valence-corrected chi connectivity index (χ0v) is 32.4. The van der Waals surface area contributed by atoms with E-state index in [9.17, 15) is 62.3 Å². The molecular weight excluding hydrogens is 832 g/mol. The normalized spacial score (nSPS) is 14.7. The molecule has 4 aromatic heterocycles. The van der Waals surface area contributed by atoms with Crippen LogP contribution in [0.1, 0.15) is 77.9 Å². The van der Waals surface area contributed by atoms with Gasteiger partial charge in [0.15, 0.2) is 17.3 Å². The molecule has 0 spiro atoms. The van der Waals surface area contributed by atoms with Crippen LogP contribution in [0.2, 0.25) is 0 Å². The number of nitrogens with one attached hydrogen (secondary N) is 1. The fraction of sp³-hybridized carbons (Fsp3) is 0.485. The van der Waals surface area contributed by atoms with Crippen molar-refractivity contribution < 1.29 is 71.2 Å². The first-order valence-corrected chi connectivity index (χ1v) is 19.3. The van der Waals surface area contributed by atoms with Gasteiger partial charge >= 0.3 is 34.1 Å². The van der Waals surface area contributed by atoms with E-state index in [2.05, 4.69) is 19.5 Å². The average Bonchev–Trinajstić information content (AvgIpc) is 3.61. The van der Waals surface area contributed by atoms with E-state index in [1.807, 2.05) is 20.8 Å². The molecule has 1 saturated heterocycles. The first-order valence-electron chi connectivity index (χ1n) is 16.3. The van der Waals surface area contributed by atoms with Crippen molar-refractivity contribution in [3.63, 3.8) is 0 Å². The molecule has 0 unspecified atom stereocenters. The topological polar surface area (TPSA) is 145 Å². The van der Waals surface area contributed by atoms with E-state index in [0.717, 1.165) is 30.5 Å². The van der Waals surface area contributed by atoms with Crippen molar-refractivity contribution in [2.45, 2.75) is 89.8 Å². The summed E-state index contributed by atoms with van der Waals surface area (Å²) < 4.78 is 145. The molecule has 0 aromatic carbocycles. The van der Waals surface area contributed by atoms with E-state index in [-0.39, 0.29) is 32.5 Å². The third kappa shape index (κ3) is 11.6. The van der Waals surface area contributed by atoms with Gasteiger partial charge in [-0.2, -0.15) is 47.9 Å². The number of rotatable bonds is 8. The molecule has 1 N–H and O–H groups in total. The van der Waals surface area contributed by atoms with Crippen LogP contribution in [0, 0.1) is 0 Å². The quantitative estimate of drug-likeness (QED) is 0.0788. The van der Waals surface area contributed by atoms with Gasteiger partial charge in [-0.05, 0) is 59.6 Å². The molecule has 1 aliphatic heterocycles. The zero-order valence-electron chi connectivity index (χ0n) is 30.0. The number of hydrogen-bond donors (Lipinski definition) is 1. The Labute approximate surface area is 321 Å². The Kier molecular flexibility index (Phi) is 13.0. The molecular formula is C33H33F9N4O7S3. The second kappa shape index (κ2) is 16.3. The molecule has 308 valence electrons. The zero-order chi connectivity index (χ0) is 42.2. The number of ketones is 2. The Morgan fingerprint density at radius 2 is 1.27 bits per heavy atom. The molecule has 1 aliphatic rings. The summed E-state index contributed by atoms with van der Waals surface area (Å²) in [4.78, 5) is 45.5. The number of pyridine rings is 2. The number of carbonyl (C=O) groups is 3. The molecule has 4 aromatic rings. The number of alkyl halides is 9. The maximum atomic E-state index is 12.8. The molecule has 0 atom stereocenters. The maximum absolute atomic E-state index is 12.8. The summed E-state index contributed by atoms with van der Waals surface area (Å²) in [5.74, 6) is -2.09. The number of piperidine rings is 1. The van der Waals surface area contributed by atoms with Crippen LogP contribution in [-0.4, -0.2) is 83.5 Å². The van der Waals surface area contributed by atoms with E-state index in [1.54, 1.807) is 4.90 Å². The highest BCUT2D eigenvalue weighted by Gasteiger charge is 2.49. The Bertz CT molecular complexity index is 2220. The number of likely N-dealkylation sites (tertiary alicyclic amines) is 1. The molecule has 5 heterocycles. The molecule has 11 nitrogen and oxygen atoms in total. The number of amides is 1.